The second kappa shape index (κ2) is 7.64. The molecule has 2 N–H and O–H groups in total. The Morgan fingerprint density at radius 1 is 1.14 bits per heavy atom. The van der Waals surface area contributed by atoms with Crippen LogP contribution in [0.2, 0.25) is 28.2 Å². The van der Waals surface area contributed by atoms with Crippen molar-refractivity contribution in [3.8, 4) is 0 Å². The minimum absolute atomic E-state index is 0.125. The lowest BCUT2D eigenvalue weighted by Crippen LogP contribution is -2.41. The molecule has 22 heavy (non-hydrogen) atoms. The SMILES string of the molecule is CC(C)(C)[Si](C)(C)OCCC(O)C(O)c1ccc(Cl)c(Cl)c1. The van der Waals surface area contributed by atoms with E-state index in [0.717, 1.165) is 0 Å². The van der Waals surface area contributed by atoms with Crippen molar-refractivity contribution in [2.75, 3.05) is 6.61 Å². The average molecular weight is 365 g/mol. The van der Waals surface area contributed by atoms with Crippen LogP contribution in [0, 0.1) is 0 Å². The maximum absolute atomic E-state index is 10.2. The van der Waals surface area contributed by atoms with Gasteiger partial charge in [0.05, 0.1) is 16.1 Å². The van der Waals surface area contributed by atoms with Crippen LogP contribution in [-0.4, -0.2) is 31.2 Å². The fourth-order valence-corrected chi connectivity index (χ4v) is 3.10. The van der Waals surface area contributed by atoms with Crippen LogP contribution in [-0.2, 0) is 4.43 Å². The zero-order valence-electron chi connectivity index (χ0n) is 13.9. The predicted octanol–water partition coefficient (Wildman–Crippen LogP) is 4.80. The van der Waals surface area contributed by atoms with Crippen molar-refractivity contribution in [2.24, 2.45) is 0 Å². The summed E-state index contributed by atoms with van der Waals surface area (Å²) < 4.78 is 6.01. The van der Waals surface area contributed by atoms with Crippen LogP contribution >= 0.6 is 23.2 Å². The summed E-state index contributed by atoms with van der Waals surface area (Å²) in [6.45, 7) is 11.3. The van der Waals surface area contributed by atoms with Crippen LogP contribution in [0.1, 0.15) is 38.9 Å². The molecule has 0 aliphatic carbocycles. The lowest BCUT2D eigenvalue weighted by atomic mass is 10.0. The molecule has 3 nitrogen and oxygen atoms in total. The number of halogens is 2. The quantitative estimate of drug-likeness (QED) is 0.712. The van der Waals surface area contributed by atoms with Crippen molar-refractivity contribution in [1.82, 2.24) is 0 Å². The monoisotopic (exact) mass is 364 g/mol. The number of benzene rings is 1. The lowest BCUT2D eigenvalue weighted by Gasteiger charge is -2.36. The topological polar surface area (TPSA) is 49.7 Å². The van der Waals surface area contributed by atoms with E-state index in [0.29, 0.717) is 28.6 Å². The summed E-state index contributed by atoms with van der Waals surface area (Å²) in [6, 6.07) is 4.85. The van der Waals surface area contributed by atoms with Gasteiger partial charge in [0, 0.05) is 6.61 Å². The van der Waals surface area contributed by atoms with Gasteiger partial charge >= 0.3 is 0 Å². The second-order valence-corrected chi connectivity index (χ2v) is 12.7. The molecule has 1 rings (SSSR count). The first kappa shape index (κ1) is 19.9. The van der Waals surface area contributed by atoms with Gasteiger partial charge in [-0.3, -0.25) is 0 Å². The molecule has 1 aromatic rings. The van der Waals surface area contributed by atoms with Crippen LogP contribution < -0.4 is 0 Å². The molecule has 0 amide bonds. The molecule has 126 valence electrons. The number of aliphatic hydroxyl groups excluding tert-OH is 2. The standard InChI is InChI=1S/C16H26Cl2O3Si/c1-16(2,3)22(4,5)21-9-8-14(19)15(20)11-6-7-12(17)13(18)10-11/h6-7,10,14-15,19-20H,8-9H2,1-5H3. The normalized spacial score (nSPS) is 15.7. The first-order chi connectivity index (χ1) is 9.95. The molecular weight excluding hydrogens is 339 g/mol. The maximum Gasteiger partial charge on any atom is 0.191 e. The first-order valence-corrected chi connectivity index (χ1v) is 11.1. The third-order valence-electron chi connectivity index (χ3n) is 4.33. The highest BCUT2D eigenvalue weighted by Gasteiger charge is 2.37. The molecule has 0 aromatic heterocycles. The van der Waals surface area contributed by atoms with Gasteiger partial charge < -0.3 is 14.6 Å². The predicted molar refractivity (Wildman–Crippen MR) is 95.2 cm³/mol. The van der Waals surface area contributed by atoms with Gasteiger partial charge in [-0.1, -0.05) is 50.0 Å². The Labute approximate surface area is 144 Å². The molecule has 0 radical (unpaired) electrons. The van der Waals surface area contributed by atoms with Gasteiger partial charge in [0.25, 0.3) is 0 Å². The lowest BCUT2D eigenvalue weighted by molar-refractivity contribution is 0.00519. The smallest absolute Gasteiger partial charge is 0.191 e. The van der Waals surface area contributed by atoms with Crippen LogP contribution in [0.3, 0.4) is 0 Å². The first-order valence-electron chi connectivity index (χ1n) is 7.41. The Hall–Kier alpha value is -0.103. The Morgan fingerprint density at radius 2 is 1.73 bits per heavy atom. The van der Waals surface area contributed by atoms with Crippen LogP contribution in [0.5, 0.6) is 0 Å². The molecule has 0 aliphatic heterocycles. The summed E-state index contributed by atoms with van der Waals surface area (Å²) >= 11 is 11.8. The number of aliphatic hydroxyl groups is 2. The number of hydrogen-bond donors (Lipinski definition) is 2. The number of hydrogen-bond acceptors (Lipinski definition) is 3. The van der Waals surface area contributed by atoms with Gasteiger partial charge in [0.2, 0.25) is 0 Å². The third-order valence-corrected chi connectivity index (χ3v) is 9.61. The fourth-order valence-electron chi connectivity index (χ4n) is 1.73. The highest BCUT2D eigenvalue weighted by Crippen LogP contribution is 2.36. The highest BCUT2D eigenvalue weighted by molar-refractivity contribution is 6.74. The average Bonchev–Trinajstić information content (AvgIpc) is 2.39. The Bertz CT molecular complexity index is 501. The third kappa shape index (κ3) is 5.22. The zero-order valence-corrected chi connectivity index (χ0v) is 16.4. The van der Waals surface area contributed by atoms with E-state index in [2.05, 4.69) is 33.9 Å². The molecule has 0 spiro atoms. The molecule has 0 saturated heterocycles. The molecule has 6 heteroatoms. The van der Waals surface area contributed by atoms with Gasteiger partial charge in [0.1, 0.15) is 6.10 Å². The summed E-state index contributed by atoms with van der Waals surface area (Å²) in [6.07, 6.45) is -1.53. The van der Waals surface area contributed by atoms with Gasteiger partial charge in [0.15, 0.2) is 8.32 Å². The molecule has 2 atom stereocenters. The van der Waals surface area contributed by atoms with Crippen molar-refractivity contribution < 1.29 is 14.6 Å². The van der Waals surface area contributed by atoms with Gasteiger partial charge in [-0.25, -0.2) is 0 Å². The summed E-state index contributed by atoms with van der Waals surface area (Å²) in [4.78, 5) is 0. The summed E-state index contributed by atoms with van der Waals surface area (Å²) in [7, 11) is -1.83. The number of rotatable bonds is 6. The van der Waals surface area contributed by atoms with Crippen LogP contribution in [0.15, 0.2) is 18.2 Å². The van der Waals surface area contributed by atoms with Crippen molar-refractivity contribution >= 4 is 31.5 Å². The second-order valence-electron chi connectivity index (χ2n) is 7.08. The van der Waals surface area contributed by atoms with Gasteiger partial charge in [-0.15, -0.1) is 0 Å². The molecule has 0 saturated carbocycles. The van der Waals surface area contributed by atoms with Gasteiger partial charge in [-0.05, 0) is 42.2 Å². The maximum atomic E-state index is 10.2. The molecule has 1 aromatic carbocycles. The minimum Gasteiger partial charge on any atom is -0.417 e. The van der Waals surface area contributed by atoms with E-state index < -0.39 is 20.5 Å². The van der Waals surface area contributed by atoms with E-state index in [-0.39, 0.29) is 5.04 Å². The molecule has 0 heterocycles. The minimum atomic E-state index is -1.83. The van der Waals surface area contributed by atoms with Crippen LogP contribution in [0.25, 0.3) is 0 Å². The molecule has 0 fully saturated rings. The van der Waals surface area contributed by atoms with E-state index in [4.69, 9.17) is 27.6 Å². The van der Waals surface area contributed by atoms with Crippen molar-refractivity contribution in [2.45, 2.75) is 57.5 Å². The van der Waals surface area contributed by atoms with Gasteiger partial charge in [-0.2, -0.15) is 0 Å². The van der Waals surface area contributed by atoms with E-state index in [1.165, 1.54) is 0 Å². The molecule has 0 aliphatic rings. The van der Waals surface area contributed by atoms with Crippen LogP contribution in [0.4, 0.5) is 0 Å². The summed E-state index contributed by atoms with van der Waals surface area (Å²) in [5.74, 6) is 0. The van der Waals surface area contributed by atoms with Crippen molar-refractivity contribution in [1.29, 1.82) is 0 Å². The van der Waals surface area contributed by atoms with E-state index >= 15 is 0 Å². The Balaban J connectivity index is 2.58. The Morgan fingerprint density at radius 3 is 2.23 bits per heavy atom. The Kier molecular flexibility index (Phi) is 6.93. The van der Waals surface area contributed by atoms with E-state index in [1.54, 1.807) is 18.2 Å². The molecule has 0 bridgehead atoms. The highest BCUT2D eigenvalue weighted by atomic mass is 35.5. The molecule has 2 unspecified atom stereocenters. The zero-order chi connectivity index (χ0) is 17.1. The summed E-state index contributed by atoms with van der Waals surface area (Å²) in [5, 5.41) is 21.3. The van der Waals surface area contributed by atoms with Crippen molar-refractivity contribution in [3.05, 3.63) is 33.8 Å². The van der Waals surface area contributed by atoms with E-state index in [9.17, 15) is 10.2 Å². The van der Waals surface area contributed by atoms with Crippen molar-refractivity contribution in [3.63, 3.8) is 0 Å². The molecular formula is C16H26Cl2O3Si. The van der Waals surface area contributed by atoms with E-state index in [1.807, 2.05) is 0 Å². The fraction of sp³-hybridized carbons (Fsp3) is 0.625. The summed E-state index contributed by atoms with van der Waals surface area (Å²) in [5.41, 5.74) is 0.550. The largest absolute Gasteiger partial charge is 0.417 e.